The first-order chi connectivity index (χ1) is 12.6. The van der Waals surface area contributed by atoms with Gasteiger partial charge in [0.05, 0.1) is 22.3 Å². The Morgan fingerprint density at radius 1 is 1.31 bits per heavy atom. The van der Waals surface area contributed by atoms with Gasteiger partial charge >= 0.3 is 0 Å². The lowest BCUT2D eigenvalue weighted by Crippen LogP contribution is -2.24. The summed E-state index contributed by atoms with van der Waals surface area (Å²) in [6, 6.07) is 9.05. The van der Waals surface area contributed by atoms with Crippen LogP contribution in [0.4, 0.5) is 0 Å². The summed E-state index contributed by atoms with van der Waals surface area (Å²) in [4.78, 5) is 32.8. The number of rotatable bonds is 8. The van der Waals surface area contributed by atoms with E-state index in [0.29, 0.717) is 28.3 Å². The molecule has 0 fully saturated rings. The summed E-state index contributed by atoms with van der Waals surface area (Å²) in [7, 11) is 0. The van der Waals surface area contributed by atoms with Crippen LogP contribution in [0.15, 0.2) is 51.0 Å². The maximum absolute atomic E-state index is 13.0. The highest BCUT2D eigenvalue weighted by molar-refractivity contribution is 9.10. The number of halogens is 1. The Kier molecular flexibility index (Phi) is 6.32. The van der Waals surface area contributed by atoms with Crippen LogP contribution in [0.5, 0.6) is 0 Å². The molecule has 0 aliphatic carbocycles. The van der Waals surface area contributed by atoms with E-state index in [1.54, 1.807) is 29.0 Å². The number of thioether (sulfide) groups is 1. The molecule has 7 heteroatoms. The maximum Gasteiger partial charge on any atom is 0.262 e. The van der Waals surface area contributed by atoms with E-state index in [0.717, 1.165) is 23.7 Å². The second-order valence-electron chi connectivity index (χ2n) is 6.02. The number of ketones is 1. The summed E-state index contributed by atoms with van der Waals surface area (Å²) in [6.45, 7) is 2.74. The van der Waals surface area contributed by atoms with Crippen LogP contribution < -0.4 is 5.56 Å². The third-order valence-corrected chi connectivity index (χ3v) is 5.57. The Bertz CT molecular complexity index is 967. The van der Waals surface area contributed by atoms with Crippen molar-refractivity contribution in [1.82, 2.24) is 14.5 Å². The van der Waals surface area contributed by atoms with Gasteiger partial charge in [-0.05, 0) is 36.8 Å². The van der Waals surface area contributed by atoms with Gasteiger partial charge in [0.1, 0.15) is 0 Å². The van der Waals surface area contributed by atoms with Crippen LogP contribution in [-0.4, -0.2) is 26.1 Å². The quantitative estimate of drug-likeness (QED) is 0.243. The van der Waals surface area contributed by atoms with Gasteiger partial charge in [-0.2, -0.15) is 0 Å². The van der Waals surface area contributed by atoms with Gasteiger partial charge in [-0.15, -0.1) is 0 Å². The van der Waals surface area contributed by atoms with Gasteiger partial charge in [-0.3, -0.25) is 14.2 Å². The predicted molar refractivity (Wildman–Crippen MR) is 109 cm³/mol. The first-order valence-electron chi connectivity index (χ1n) is 8.59. The number of aromatic amines is 1. The lowest BCUT2D eigenvalue weighted by Gasteiger charge is -2.13. The van der Waals surface area contributed by atoms with Crippen LogP contribution in [0.3, 0.4) is 0 Å². The van der Waals surface area contributed by atoms with Gasteiger partial charge < -0.3 is 4.98 Å². The summed E-state index contributed by atoms with van der Waals surface area (Å²) < 4.78 is 2.56. The molecule has 2 heterocycles. The van der Waals surface area contributed by atoms with E-state index in [9.17, 15) is 9.59 Å². The number of nitrogens with one attached hydrogen (secondary N) is 1. The molecule has 1 N–H and O–H groups in total. The minimum Gasteiger partial charge on any atom is -0.359 e. The van der Waals surface area contributed by atoms with Gasteiger partial charge in [0.25, 0.3) is 5.56 Å². The van der Waals surface area contributed by atoms with Crippen LogP contribution >= 0.6 is 27.7 Å². The van der Waals surface area contributed by atoms with Crippen LogP contribution in [0.2, 0.25) is 0 Å². The largest absolute Gasteiger partial charge is 0.359 e. The van der Waals surface area contributed by atoms with Crippen molar-refractivity contribution in [3.05, 3.63) is 57.0 Å². The van der Waals surface area contributed by atoms with Gasteiger partial charge in [0, 0.05) is 17.2 Å². The molecule has 0 radical (unpaired) electrons. The van der Waals surface area contributed by atoms with E-state index in [-0.39, 0.29) is 17.1 Å². The van der Waals surface area contributed by atoms with E-state index < -0.39 is 0 Å². The standard InChI is InChI=1S/C19H20BrN3O2S/c1-2-3-4-10-23-18(25)14-11-13(20)7-8-15(14)22-19(23)26-12-17(24)16-6-5-9-21-16/h5-9,11,21H,2-4,10,12H2,1H3. The first kappa shape index (κ1) is 18.9. The average molecular weight is 434 g/mol. The number of carbonyl (C=O) groups is 1. The number of H-pyrrole nitrogens is 1. The van der Waals surface area contributed by atoms with E-state index in [4.69, 9.17) is 0 Å². The van der Waals surface area contributed by atoms with Gasteiger partial charge in [-0.25, -0.2) is 4.98 Å². The van der Waals surface area contributed by atoms with Crippen molar-refractivity contribution in [2.45, 2.75) is 37.9 Å². The van der Waals surface area contributed by atoms with Crippen molar-refractivity contribution in [2.24, 2.45) is 0 Å². The highest BCUT2D eigenvalue weighted by Crippen LogP contribution is 2.21. The van der Waals surface area contributed by atoms with E-state index >= 15 is 0 Å². The zero-order valence-electron chi connectivity index (χ0n) is 14.5. The molecular weight excluding hydrogens is 414 g/mol. The number of hydrogen-bond acceptors (Lipinski definition) is 4. The summed E-state index contributed by atoms with van der Waals surface area (Å²) in [6.07, 6.45) is 4.77. The number of Topliss-reactive ketones (excluding diaryl/α,β-unsaturated/α-hetero) is 1. The molecular formula is C19H20BrN3O2S. The molecule has 0 saturated carbocycles. The van der Waals surface area contributed by atoms with E-state index in [1.165, 1.54) is 11.8 Å². The van der Waals surface area contributed by atoms with Crippen LogP contribution in [-0.2, 0) is 6.54 Å². The first-order valence-corrected chi connectivity index (χ1v) is 10.4. The molecule has 0 unspecified atom stereocenters. The minimum absolute atomic E-state index is 0.00902. The van der Waals surface area contributed by atoms with Crippen LogP contribution in [0, 0.1) is 0 Å². The maximum atomic E-state index is 13.0. The fourth-order valence-electron chi connectivity index (χ4n) is 2.71. The van der Waals surface area contributed by atoms with Crippen molar-refractivity contribution < 1.29 is 4.79 Å². The predicted octanol–water partition coefficient (Wildman–Crippen LogP) is 4.65. The topological polar surface area (TPSA) is 67.8 Å². The van der Waals surface area contributed by atoms with Crippen molar-refractivity contribution in [1.29, 1.82) is 0 Å². The molecule has 136 valence electrons. The number of fused-ring (bicyclic) bond motifs is 1. The molecule has 0 saturated heterocycles. The molecule has 0 aliphatic rings. The fraction of sp³-hybridized carbons (Fsp3) is 0.316. The molecule has 0 amide bonds. The summed E-state index contributed by atoms with van der Waals surface area (Å²) >= 11 is 4.73. The Labute approximate surface area is 164 Å². The van der Waals surface area contributed by atoms with Gasteiger partial charge in [-0.1, -0.05) is 47.5 Å². The second-order valence-corrected chi connectivity index (χ2v) is 7.87. The average Bonchev–Trinajstić information content (AvgIpc) is 3.17. The molecule has 5 nitrogen and oxygen atoms in total. The van der Waals surface area contributed by atoms with Gasteiger partial charge in [0.15, 0.2) is 10.9 Å². The molecule has 1 aromatic carbocycles. The molecule has 0 bridgehead atoms. The number of nitrogens with zero attached hydrogens (tertiary/aromatic N) is 2. The minimum atomic E-state index is -0.0535. The van der Waals surface area contributed by atoms with E-state index in [2.05, 4.69) is 32.8 Å². The summed E-state index contributed by atoms with van der Waals surface area (Å²) in [5, 5.41) is 1.19. The number of aromatic nitrogens is 3. The zero-order valence-corrected chi connectivity index (χ0v) is 16.9. The van der Waals surface area contributed by atoms with Gasteiger partial charge in [0.2, 0.25) is 0 Å². The summed E-state index contributed by atoms with van der Waals surface area (Å²) in [5.74, 6) is 0.230. The number of hydrogen-bond donors (Lipinski definition) is 1. The van der Waals surface area contributed by atoms with E-state index in [1.807, 2.05) is 12.1 Å². The van der Waals surface area contributed by atoms with Crippen molar-refractivity contribution in [3.8, 4) is 0 Å². The Morgan fingerprint density at radius 3 is 2.88 bits per heavy atom. The Hall–Kier alpha value is -1.86. The molecule has 0 atom stereocenters. The lowest BCUT2D eigenvalue weighted by molar-refractivity contribution is 0.101. The summed E-state index contributed by atoms with van der Waals surface area (Å²) in [5.41, 5.74) is 1.17. The lowest BCUT2D eigenvalue weighted by atomic mass is 10.2. The van der Waals surface area contributed by atoms with Crippen LogP contribution in [0.1, 0.15) is 36.7 Å². The van der Waals surface area contributed by atoms with Crippen molar-refractivity contribution in [3.63, 3.8) is 0 Å². The number of carbonyl (C=O) groups excluding carboxylic acids is 1. The Morgan fingerprint density at radius 2 is 2.15 bits per heavy atom. The number of benzene rings is 1. The highest BCUT2D eigenvalue weighted by Gasteiger charge is 2.14. The molecule has 0 spiro atoms. The molecule has 26 heavy (non-hydrogen) atoms. The highest BCUT2D eigenvalue weighted by atomic mass is 79.9. The smallest absolute Gasteiger partial charge is 0.262 e. The Balaban J connectivity index is 1.93. The third-order valence-electron chi connectivity index (χ3n) is 4.10. The molecule has 3 aromatic rings. The molecule has 3 rings (SSSR count). The van der Waals surface area contributed by atoms with Crippen molar-refractivity contribution >= 4 is 44.4 Å². The SMILES string of the molecule is CCCCCn1c(SCC(=O)c2ccc[nH]2)nc2ccc(Br)cc2c1=O. The second kappa shape index (κ2) is 8.68. The van der Waals surface area contributed by atoms with Crippen molar-refractivity contribution in [2.75, 3.05) is 5.75 Å². The number of unbranched alkanes of at least 4 members (excludes halogenated alkanes) is 2. The zero-order chi connectivity index (χ0) is 18.5. The van der Waals surface area contributed by atoms with Crippen LogP contribution in [0.25, 0.3) is 10.9 Å². The normalized spacial score (nSPS) is 11.2. The third kappa shape index (κ3) is 4.27. The fourth-order valence-corrected chi connectivity index (χ4v) is 3.98. The molecule has 2 aromatic heterocycles. The molecule has 0 aliphatic heterocycles. The monoisotopic (exact) mass is 433 g/mol.